The van der Waals surface area contributed by atoms with E-state index in [9.17, 15) is 4.79 Å². The molecule has 0 saturated heterocycles. The third-order valence-electron chi connectivity index (χ3n) is 2.86. The lowest BCUT2D eigenvalue weighted by atomic mass is 10.2. The van der Waals surface area contributed by atoms with E-state index in [0.29, 0.717) is 12.2 Å². The van der Waals surface area contributed by atoms with Crippen LogP contribution in [0, 0.1) is 0 Å². The first-order chi connectivity index (χ1) is 9.58. The van der Waals surface area contributed by atoms with Crippen LogP contribution in [-0.4, -0.2) is 22.4 Å². The molecule has 2 aromatic rings. The topological polar surface area (TPSA) is 59.0 Å². The van der Waals surface area contributed by atoms with Gasteiger partial charge in [0.2, 0.25) is 0 Å². The molecule has 0 saturated carbocycles. The van der Waals surface area contributed by atoms with Crippen molar-refractivity contribution < 1.29 is 0 Å². The van der Waals surface area contributed by atoms with Crippen molar-refractivity contribution in [2.45, 2.75) is 13.0 Å². The van der Waals surface area contributed by atoms with Gasteiger partial charge in [0, 0.05) is 25.3 Å². The van der Waals surface area contributed by atoms with E-state index >= 15 is 0 Å². The van der Waals surface area contributed by atoms with Crippen molar-refractivity contribution in [3.8, 4) is 0 Å². The first-order valence-electron chi connectivity index (χ1n) is 6.35. The number of rotatable bonds is 5. The Kier molecular flexibility index (Phi) is 4.63. The Morgan fingerprint density at radius 1 is 1.35 bits per heavy atom. The van der Waals surface area contributed by atoms with Gasteiger partial charge in [0.1, 0.15) is 5.02 Å². The minimum atomic E-state index is -0.305. The van der Waals surface area contributed by atoms with Gasteiger partial charge in [0.05, 0.1) is 11.9 Å². The van der Waals surface area contributed by atoms with Crippen LogP contribution in [0.2, 0.25) is 5.02 Å². The minimum absolute atomic E-state index is 0.161. The molecule has 0 bridgehead atoms. The van der Waals surface area contributed by atoms with Crippen molar-refractivity contribution in [1.29, 1.82) is 0 Å². The van der Waals surface area contributed by atoms with Gasteiger partial charge in [-0.05, 0) is 19.1 Å². The number of aromatic nitrogens is 2. The summed E-state index contributed by atoms with van der Waals surface area (Å²) < 4.78 is 1.21. The lowest BCUT2D eigenvalue weighted by Gasteiger charge is -2.17. The number of para-hydroxylation sites is 1. The molecule has 6 heteroatoms. The van der Waals surface area contributed by atoms with E-state index in [1.165, 1.54) is 4.68 Å². The van der Waals surface area contributed by atoms with Gasteiger partial charge >= 0.3 is 0 Å². The lowest BCUT2D eigenvalue weighted by molar-refractivity contribution is 0.707. The average molecular weight is 293 g/mol. The summed E-state index contributed by atoms with van der Waals surface area (Å²) >= 11 is 5.99. The molecule has 1 unspecified atom stereocenters. The van der Waals surface area contributed by atoms with Gasteiger partial charge in [-0.25, -0.2) is 4.68 Å². The Morgan fingerprint density at radius 3 is 2.75 bits per heavy atom. The Morgan fingerprint density at radius 2 is 2.05 bits per heavy atom. The summed E-state index contributed by atoms with van der Waals surface area (Å²) in [6.45, 7) is 2.67. The molecule has 0 spiro atoms. The molecule has 0 aliphatic carbocycles. The maximum Gasteiger partial charge on any atom is 0.287 e. The van der Waals surface area contributed by atoms with Crippen molar-refractivity contribution in [2.24, 2.45) is 7.05 Å². The third kappa shape index (κ3) is 3.51. The molecule has 1 atom stereocenters. The average Bonchev–Trinajstić information content (AvgIpc) is 2.45. The van der Waals surface area contributed by atoms with E-state index in [-0.39, 0.29) is 16.6 Å². The van der Waals surface area contributed by atoms with Crippen LogP contribution in [0.1, 0.15) is 6.92 Å². The lowest BCUT2D eigenvalue weighted by Crippen LogP contribution is -2.27. The molecule has 5 nitrogen and oxygen atoms in total. The van der Waals surface area contributed by atoms with Crippen molar-refractivity contribution in [3.05, 3.63) is 51.9 Å². The summed E-state index contributed by atoms with van der Waals surface area (Å²) in [5, 5.41) is 10.6. The number of hydrogen-bond acceptors (Lipinski definition) is 4. The number of aryl methyl sites for hydroxylation is 1. The predicted octanol–water partition coefficient (Wildman–Crippen LogP) is 2.35. The number of anilines is 2. The number of benzene rings is 1. The Bertz CT molecular complexity index is 627. The molecule has 20 heavy (non-hydrogen) atoms. The van der Waals surface area contributed by atoms with Crippen LogP contribution in [0.3, 0.4) is 0 Å². The number of nitrogens with zero attached hydrogens (tertiary/aromatic N) is 2. The molecular formula is C14H17ClN4O. The molecular weight excluding hydrogens is 276 g/mol. The van der Waals surface area contributed by atoms with Crippen LogP contribution in [-0.2, 0) is 7.05 Å². The summed E-state index contributed by atoms with van der Waals surface area (Å²) in [7, 11) is 1.57. The highest BCUT2D eigenvalue weighted by Crippen LogP contribution is 2.15. The zero-order valence-corrected chi connectivity index (χ0v) is 12.2. The SMILES string of the molecule is CC(CNc1cnn(C)c(=O)c1Cl)Nc1ccccc1. The fraction of sp³-hybridized carbons (Fsp3) is 0.286. The first-order valence-corrected chi connectivity index (χ1v) is 6.73. The van der Waals surface area contributed by atoms with Crippen LogP contribution in [0.25, 0.3) is 0 Å². The van der Waals surface area contributed by atoms with E-state index in [1.807, 2.05) is 37.3 Å². The second-order valence-electron chi connectivity index (χ2n) is 4.59. The minimum Gasteiger partial charge on any atom is -0.381 e. The van der Waals surface area contributed by atoms with Gasteiger partial charge in [0.15, 0.2) is 0 Å². The molecule has 0 radical (unpaired) electrons. The standard InChI is InChI=1S/C14H17ClN4O/c1-10(18-11-6-4-3-5-7-11)8-16-12-9-17-19(2)14(20)13(12)15/h3-7,9-10,16,18H,8H2,1-2H3. The normalized spacial score (nSPS) is 11.9. The Hall–Kier alpha value is -2.01. The van der Waals surface area contributed by atoms with Gasteiger partial charge in [-0.3, -0.25) is 4.79 Å². The predicted molar refractivity (Wildman–Crippen MR) is 82.5 cm³/mol. The molecule has 1 heterocycles. The van der Waals surface area contributed by atoms with Gasteiger partial charge < -0.3 is 10.6 Å². The van der Waals surface area contributed by atoms with Gasteiger partial charge in [0.25, 0.3) is 5.56 Å². The van der Waals surface area contributed by atoms with Crippen molar-refractivity contribution in [2.75, 3.05) is 17.2 Å². The number of halogens is 1. The third-order valence-corrected chi connectivity index (χ3v) is 3.23. The van der Waals surface area contributed by atoms with Gasteiger partial charge in [-0.2, -0.15) is 5.10 Å². The fourth-order valence-corrected chi connectivity index (χ4v) is 2.00. The van der Waals surface area contributed by atoms with Crippen LogP contribution in [0.5, 0.6) is 0 Å². The van der Waals surface area contributed by atoms with E-state index in [4.69, 9.17) is 11.6 Å². The van der Waals surface area contributed by atoms with Crippen LogP contribution >= 0.6 is 11.6 Å². The van der Waals surface area contributed by atoms with Crippen LogP contribution < -0.4 is 16.2 Å². The fourth-order valence-electron chi connectivity index (χ4n) is 1.77. The van der Waals surface area contributed by atoms with E-state index in [1.54, 1.807) is 13.2 Å². The van der Waals surface area contributed by atoms with Crippen LogP contribution in [0.15, 0.2) is 41.3 Å². The molecule has 0 fully saturated rings. The summed E-state index contributed by atoms with van der Waals surface area (Å²) in [5.41, 5.74) is 1.30. The van der Waals surface area contributed by atoms with Gasteiger partial charge in [-0.1, -0.05) is 29.8 Å². The van der Waals surface area contributed by atoms with Crippen molar-refractivity contribution in [1.82, 2.24) is 9.78 Å². The zero-order chi connectivity index (χ0) is 14.5. The van der Waals surface area contributed by atoms with Crippen molar-refractivity contribution in [3.63, 3.8) is 0 Å². The second kappa shape index (κ2) is 6.43. The molecule has 0 aliphatic rings. The van der Waals surface area contributed by atoms with E-state index < -0.39 is 0 Å². The maximum absolute atomic E-state index is 11.6. The summed E-state index contributed by atoms with van der Waals surface area (Å²) in [6.07, 6.45) is 1.55. The highest BCUT2D eigenvalue weighted by atomic mass is 35.5. The quantitative estimate of drug-likeness (QED) is 0.888. The summed E-state index contributed by atoms with van der Waals surface area (Å²) in [6, 6.07) is 10.1. The van der Waals surface area contributed by atoms with Crippen LogP contribution in [0.4, 0.5) is 11.4 Å². The number of nitrogens with one attached hydrogen (secondary N) is 2. The largest absolute Gasteiger partial charge is 0.381 e. The molecule has 1 aromatic carbocycles. The number of hydrogen-bond donors (Lipinski definition) is 2. The molecule has 1 aromatic heterocycles. The molecule has 0 aliphatic heterocycles. The summed E-state index contributed by atoms with van der Waals surface area (Å²) in [5.74, 6) is 0. The molecule has 2 N–H and O–H groups in total. The Balaban J connectivity index is 1.95. The summed E-state index contributed by atoms with van der Waals surface area (Å²) in [4.78, 5) is 11.6. The van der Waals surface area contributed by atoms with Gasteiger partial charge in [-0.15, -0.1) is 0 Å². The molecule has 0 amide bonds. The van der Waals surface area contributed by atoms with E-state index in [0.717, 1.165) is 5.69 Å². The molecule has 2 rings (SSSR count). The van der Waals surface area contributed by atoms with E-state index in [2.05, 4.69) is 15.7 Å². The highest BCUT2D eigenvalue weighted by molar-refractivity contribution is 6.32. The Labute approximate surface area is 122 Å². The zero-order valence-electron chi connectivity index (χ0n) is 11.4. The maximum atomic E-state index is 11.6. The first kappa shape index (κ1) is 14.4. The second-order valence-corrected chi connectivity index (χ2v) is 4.97. The highest BCUT2D eigenvalue weighted by Gasteiger charge is 2.08. The monoisotopic (exact) mass is 292 g/mol. The van der Waals surface area contributed by atoms with Crippen molar-refractivity contribution >= 4 is 23.0 Å². The molecule has 106 valence electrons. The smallest absolute Gasteiger partial charge is 0.287 e.